The van der Waals surface area contributed by atoms with Crippen molar-refractivity contribution in [3.63, 3.8) is 0 Å². The SMILES string of the molecule is O=C(CCSc1ccccc1)NC1CCc2ccccc21. The maximum absolute atomic E-state index is 12.1. The fourth-order valence-electron chi connectivity index (χ4n) is 2.75. The Labute approximate surface area is 130 Å². The molecule has 21 heavy (non-hydrogen) atoms. The molecule has 0 bridgehead atoms. The van der Waals surface area contributed by atoms with Gasteiger partial charge in [-0.15, -0.1) is 11.8 Å². The van der Waals surface area contributed by atoms with E-state index < -0.39 is 0 Å². The van der Waals surface area contributed by atoms with Gasteiger partial charge in [0.25, 0.3) is 0 Å². The number of carbonyl (C=O) groups excluding carboxylic acids is 1. The first-order valence-corrected chi connectivity index (χ1v) is 8.36. The molecular formula is C18H19NOS. The number of benzene rings is 2. The average Bonchev–Trinajstić information content (AvgIpc) is 2.92. The average molecular weight is 297 g/mol. The highest BCUT2D eigenvalue weighted by Gasteiger charge is 2.22. The van der Waals surface area contributed by atoms with Crippen LogP contribution in [0.15, 0.2) is 59.5 Å². The van der Waals surface area contributed by atoms with E-state index in [1.807, 2.05) is 18.2 Å². The second kappa shape index (κ2) is 6.81. The molecular weight excluding hydrogens is 278 g/mol. The molecule has 0 spiro atoms. The zero-order valence-corrected chi connectivity index (χ0v) is 12.7. The van der Waals surface area contributed by atoms with Gasteiger partial charge < -0.3 is 5.32 Å². The van der Waals surface area contributed by atoms with Crippen molar-refractivity contribution in [3.8, 4) is 0 Å². The molecule has 2 aromatic rings. The zero-order valence-electron chi connectivity index (χ0n) is 11.9. The van der Waals surface area contributed by atoms with Gasteiger partial charge in [0, 0.05) is 17.1 Å². The molecule has 0 saturated carbocycles. The maximum atomic E-state index is 12.1. The molecule has 0 radical (unpaired) electrons. The van der Waals surface area contributed by atoms with Crippen LogP contribution in [0.3, 0.4) is 0 Å². The number of thioether (sulfide) groups is 1. The van der Waals surface area contributed by atoms with Gasteiger partial charge in [0.15, 0.2) is 0 Å². The van der Waals surface area contributed by atoms with E-state index in [1.165, 1.54) is 16.0 Å². The van der Waals surface area contributed by atoms with Gasteiger partial charge in [-0.05, 0) is 36.1 Å². The molecule has 0 aromatic heterocycles. The largest absolute Gasteiger partial charge is 0.349 e. The highest BCUT2D eigenvalue weighted by Crippen LogP contribution is 2.30. The normalized spacial score (nSPS) is 16.5. The van der Waals surface area contributed by atoms with Crippen LogP contribution in [-0.4, -0.2) is 11.7 Å². The molecule has 1 unspecified atom stereocenters. The molecule has 0 saturated heterocycles. The Morgan fingerprint density at radius 2 is 1.86 bits per heavy atom. The lowest BCUT2D eigenvalue weighted by Gasteiger charge is -2.14. The van der Waals surface area contributed by atoms with E-state index in [0.717, 1.165) is 18.6 Å². The Bertz CT molecular complexity index is 612. The molecule has 2 nitrogen and oxygen atoms in total. The smallest absolute Gasteiger partial charge is 0.221 e. The third-order valence-corrected chi connectivity index (χ3v) is 4.82. The van der Waals surface area contributed by atoms with Gasteiger partial charge in [-0.2, -0.15) is 0 Å². The summed E-state index contributed by atoms with van der Waals surface area (Å²) in [5, 5.41) is 3.17. The molecule has 1 N–H and O–H groups in total. The predicted molar refractivity (Wildman–Crippen MR) is 87.4 cm³/mol. The molecule has 108 valence electrons. The van der Waals surface area contributed by atoms with Gasteiger partial charge in [0.2, 0.25) is 5.91 Å². The number of carbonyl (C=O) groups is 1. The van der Waals surface area contributed by atoms with Crippen LogP contribution in [-0.2, 0) is 11.2 Å². The van der Waals surface area contributed by atoms with Crippen LogP contribution < -0.4 is 5.32 Å². The molecule has 1 atom stereocenters. The van der Waals surface area contributed by atoms with Crippen LogP contribution in [0.25, 0.3) is 0 Å². The third-order valence-electron chi connectivity index (χ3n) is 3.81. The molecule has 1 amide bonds. The topological polar surface area (TPSA) is 29.1 Å². The fraction of sp³-hybridized carbons (Fsp3) is 0.278. The number of nitrogens with one attached hydrogen (secondary N) is 1. The molecule has 0 heterocycles. The van der Waals surface area contributed by atoms with E-state index in [0.29, 0.717) is 6.42 Å². The molecule has 0 aliphatic heterocycles. The van der Waals surface area contributed by atoms with Crippen LogP contribution in [0.5, 0.6) is 0 Å². The number of rotatable bonds is 5. The molecule has 2 aromatic carbocycles. The number of aryl methyl sites for hydroxylation is 1. The summed E-state index contributed by atoms with van der Waals surface area (Å²) in [7, 11) is 0. The number of hydrogen-bond donors (Lipinski definition) is 1. The Hall–Kier alpha value is -1.74. The standard InChI is InChI=1S/C18H19NOS/c20-18(12-13-21-15-7-2-1-3-8-15)19-17-11-10-14-6-4-5-9-16(14)17/h1-9,17H,10-13H2,(H,19,20). The van der Waals surface area contributed by atoms with Crippen molar-refractivity contribution in [2.75, 3.05) is 5.75 Å². The Morgan fingerprint density at radius 3 is 2.71 bits per heavy atom. The lowest BCUT2D eigenvalue weighted by molar-refractivity contribution is -0.121. The first-order valence-electron chi connectivity index (χ1n) is 7.38. The van der Waals surface area contributed by atoms with E-state index in [2.05, 4.69) is 41.7 Å². The van der Waals surface area contributed by atoms with Crippen LogP contribution in [0, 0.1) is 0 Å². The van der Waals surface area contributed by atoms with Gasteiger partial charge in [0.05, 0.1) is 6.04 Å². The number of hydrogen-bond acceptors (Lipinski definition) is 2. The first-order chi connectivity index (χ1) is 10.3. The van der Waals surface area contributed by atoms with E-state index in [-0.39, 0.29) is 11.9 Å². The van der Waals surface area contributed by atoms with E-state index >= 15 is 0 Å². The summed E-state index contributed by atoms with van der Waals surface area (Å²) in [6, 6.07) is 18.8. The Kier molecular flexibility index (Phi) is 4.61. The second-order valence-electron chi connectivity index (χ2n) is 5.27. The van der Waals surface area contributed by atoms with Crippen LogP contribution >= 0.6 is 11.8 Å². The van der Waals surface area contributed by atoms with Crippen LogP contribution in [0.4, 0.5) is 0 Å². The van der Waals surface area contributed by atoms with Gasteiger partial charge in [0.1, 0.15) is 0 Å². The van der Waals surface area contributed by atoms with Crippen molar-refractivity contribution in [3.05, 3.63) is 65.7 Å². The lowest BCUT2D eigenvalue weighted by Crippen LogP contribution is -2.27. The summed E-state index contributed by atoms with van der Waals surface area (Å²) in [5.41, 5.74) is 2.67. The van der Waals surface area contributed by atoms with Crippen molar-refractivity contribution in [1.82, 2.24) is 5.32 Å². The monoisotopic (exact) mass is 297 g/mol. The van der Waals surface area contributed by atoms with Crippen molar-refractivity contribution < 1.29 is 4.79 Å². The highest BCUT2D eigenvalue weighted by atomic mass is 32.2. The minimum atomic E-state index is 0.153. The number of amides is 1. The second-order valence-corrected chi connectivity index (χ2v) is 6.44. The van der Waals surface area contributed by atoms with E-state index in [1.54, 1.807) is 11.8 Å². The fourth-order valence-corrected chi connectivity index (χ4v) is 3.62. The van der Waals surface area contributed by atoms with E-state index in [9.17, 15) is 4.79 Å². The maximum Gasteiger partial charge on any atom is 0.221 e. The highest BCUT2D eigenvalue weighted by molar-refractivity contribution is 7.99. The summed E-state index contributed by atoms with van der Waals surface area (Å²) < 4.78 is 0. The first kappa shape index (κ1) is 14.2. The van der Waals surface area contributed by atoms with Gasteiger partial charge in [-0.3, -0.25) is 4.79 Å². The van der Waals surface area contributed by atoms with Crippen molar-refractivity contribution >= 4 is 17.7 Å². The predicted octanol–water partition coefficient (Wildman–Crippen LogP) is 3.97. The Morgan fingerprint density at radius 1 is 1.10 bits per heavy atom. The zero-order chi connectivity index (χ0) is 14.5. The molecule has 3 rings (SSSR count). The molecule has 1 aliphatic carbocycles. The van der Waals surface area contributed by atoms with Gasteiger partial charge >= 0.3 is 0 Å². The van der Waals surface area contributed by atoms with Crippen LogP contribution in [0.1, 0.15) is 30.0 Å². The van der Waals surface area contributed by atoms with E-state index in [4.69, 9.17) is 0 Å². The van der Waals surface area contributed by atoms with Crippen LogP contribution in [0.2, 0.25) is 0 Å². The van der Waals surface area contributed by atoms with Crippen molar-refractivity contribution in [1.29, 1.82) is 0 Å². The van der Waals surface area contributed by atoms with Gasteiger partial charge in [-0.1, -0.05) is 42.5 Å². The third kappa shape index (κ3) is 3.67. The molecule has 3 heteroatoms. The minimum Gasteiger partial charge on any atom is -0.349 e. The van der Waals surface area contributed by atoms with Gasteiger partial charge in [-0.25, -0.2) is 0 Å². The van der Waals surface area contributed by atoms with Crippen molar-refractivity contribution in [2.45, 2.75) is 30.2 Å². The quantitative estimate of drug-likeness (QED) is 0.846. The Balaban J connectivity index is 1.47. The molecule has 1 aliphatic rings. The summed E-state index contributed by atoms with van der Waals surface area (Å²) in [4.78, 5) is 13.3. The number of fused-ring (bicyclic) bond motifs is 1. The summed E-state index contributed by atoms with van der Waals surface area (Å²) in [6.45, 7) is 0. The summed E-state index contributed by atoms with van der Waals surface area (Å²) in [6.07, 6.45) is 2.66. The summed E-state index contributed by atoms with van der Waals surface area (Å²) in [5.74, 6) is 0.977. The lowest BCUT2D eigenvalue weighted by atomic mass is 10.1. The molecule has 0 fully saturated rings. The van der Waals surface area contributed by atoms with Crippen molar-refractivity contribution in [2.24, 2.45) is 0 Å². The minimum absolute atomic E-state index is 0.153. The summed E-state index contributed by atoms with van der Waals surface area (Å²) >= 11 is 1.73.